The molecule has 2 fully saturated rings. The molecule has 0 aromatic heterocycles. The average Bonchev–Trinajstić information content (AvgIpc) is 3.35. The number of hydrogen-bond acceptors (Lipinski definition) is 11. The van der Waals surface area contributed by atoms with Gasteiger partial charge in [0.15, 0.2) is 17.3 Å². The summed E-state index contributed by atoms with van der Waals surface area (Å²) in [5.74, 6) is -3.78. The lowest BCUT2D eigenvalue weighted by Gasteiger charge is -2.54. The van der Waals surface area contributed by atoms with Crippen molar-refractivity contribution >= 4 is 23.9 Å². The number of epoxide rings is 1. The molecule has 11 heteroatoms. The van der Waals surface area contributed by atoms with Crippen LogP contribution in [0, 0.1) is 11.3 Å². The Balaban J connectivity index is 2.03. The van der Waals surface area contributed by atoms with Crippen LogP contribution >= 0.6 is 0 Å². The fourth-order valence-corrected chi connectivity index (χ4v) is 6.44. The monoisotopic (exact) mass is 522 g/mol. The van der Waals surface area contributed by atoms with Gasteiger partial charge in [0.2, 0.25) is 0 Å². The second kappa shape index (κ2) is 8.64. The van der Waals surface area contributed by atoms with Gasteiger partial charge in [0.1, 0.15) is 24.4 Å². The molecule has 2 aliphatic carbocycles. The minimum atomic E-state index is -1.95. The summed E-state index contributed by atoms with van der Waals surface area (Å²) in [7, 11) is 0. The van der Waals surface area contributed by atoms with E-state index in [1.54, 1.807) is 26.0 Å². The highest BCUT2D eigenvalue weighted by Crippen LogP contribution is 2.65. The van der Waals surface area contributed by atoms with E-state index in [0.717, 1.165) is 0 Å². The van der Waals surface area contributed by atoms with Gasteiger partial charge in [0.25, 0.3) is 0 Å². The molecule has 4 aliphatic rings. The molecule has 0 bridgehead atoms. The van der Waals surface area contributed by atoms with Gasteiger partial charge in [-0.3, -0.25) is 14.4 Å². The first-order valence-electron chi connectivity index (χ1n) is 12.2. The van der Waals surface area contributed by atoms with E-state index in [4.69, 9.17) is 23.7 Å². The van der Waals surface area contributed by atoms with Crippen LogP contribution in [-0.2, 0) is 42.9 Å². The van der Waals surface area contributed by atoms with Crippen LogP contribution in [-0.4, -0.2) is 81.4 Å². The molecule has 2 aliphatic heterocycles. The second-order valence-corrected chi connectivity index (χ2v) is 11.0. The number of ether oxygens (including phenoxy) is 5. The number of aliphatic hydroxyl groups excluding tert-OH is 1. The Morgan fingerprint density at radius 3 is 2.16 bits per heavy atom. The molecular weight excluding hydrogens is 488 g/mol. The molecule has 37 heavy (non-hydrogen) atoms. The first-order chi connectivity index (χ1) is 17.0. The van der Waals surface area contributed by atoms with Gasteiger partial charge < -0.3 is 33.9 Å². The Morgan fingerprint density at radius 1 is 1.03 bits per heavy atom. The highest BCUT2D eigenvalue weighted by molar-refractivity contribution is 5.89. The minimum absolute atomic E-state index is 0.0242. The SMILES string of the molecule is CC(=O)O[C@H]1C[C@@H](OC(C)=O)/C(C)=C\[C@@H]2OC(=O)[C@@]3(C)O[C@]23[C@@H](OC(C)=O)[C@H]2[C@@](C)(O)[C@H](O)C=C[C@]12C. The fourth-order valence-electron chi connectivity index (χ4n) is 6.44. The molecule has 10 atom stereocenters. The zero-order valence-electron chi connectivity index (χ0n) is 22.0. The molecule has 0 saturated carbocycles. The van der Waals surface area contributed by atoms with E-state index >= 15 is 0 Å². The van der Waals surface area contributed by atoms with Crippen LogP contribution in [0.2, 0.25) is 0 Å². The predicted molar refractivity (Wildman–Crippen MR) is 125 cm³/mol. The number of esters is 4. The number of aliphatic hydroxyl groups is 2. The van der Waals surface area contributed by atoms with Crippen molar-refractivity contribution in [2.24, 2.45) is 11.3 Å². The Labute approximate surface area is 214 Å². The van der Waals surface area contributed by atoms with Crippen LogP contribution in [0.5, 0.6) is 0 Å². The molecule has 2 saturated heterocycles. The molecule has 2 N–H and O–H groups in total. The van der Waals surface area contributed by atoms with Crippen molar-refractivity contribution in [2.45, 2.75) is 102 Å². The largest absolute Gasteiger partial charge is 0.461 e. The van der Waals surface area contributed by atoms with Crippen LogP contribution in [0.4, 0.5) is 0 Å². The van der Waals surface area contributed by atoms with Gasteiger partial charge in [0, 0.05) is 38.5 Å². The number of rotatable bonds is 3. The molecule has 4 rings (SSSR count). The minimum Gasteiger partial charge on any atom is -0.461 e. The van der Waals surface area contributed by atoms with Crippen molar-refractivity contribution in [3.63, 3.8) is 0 Å². The standard InChI is InChI=1S/C26H34O11/c1-12-10-19-26(25(7,37-26)22(31)36-19)21(35-15(4)29)20-23(5,9-8-17(30)24(20,6)32)18(34-14(3)28)11-16(12)33-13(2)27/h8-10,16-21,30,32H,11H2,1-7H3/b12-10-/t16-,17-,18+,19+,20-,21+,23-,24+,25-,26+/m1/s1. The van der Waals surface area contributed by atoms with Crippen LogP contribution in [0.15, 0.2) is 23.8 Å². The smallest absolute Gasteiger partial charge is 0.342 e. The quantitative estimate of drug-likeness (QED) is 0.235. The summed E-state index contributed by atoms with van der Waals surface area (Å²) in [4.78, 5) is 49.7. The van der Waals surface area contributed by atoms with E-state index in [1.165, 1.54) is 40.7 Å². The summed E-state index contributed by atoms with van der Waals surface area (Å²) < 4.78 is 28.9. The molecule has 0 unspecified atom stereocenters. The van der Waals surface area contributed by atoms with Gasteiger partial charge in [-0.25, -0.2) is 4.79 Å². The Hall–Kier alpha value is -2.76. The first-order valence-corrected chi connectivity index (χ1v) is 12.2. The third-order valence-corrected chi connectivity index (χ3v) is 8.34. The molecule has 0 amide bonds. The van der Waals surface area contributed by atoms with E-state index in [0.29, 0.717) is 5.57 Å². The van der Waals surface area contributed by atoms with Gasteiger partial charge in [0.05, 0.1) is 5.60 Å². The number of fused-ring (bicyclic) bond motifs is 1. The summed E-state index contributed by atoms with van der Waals surface area (Å²) >= 11 is 0. The highest BCUT2D eigenvalue weighted by Gasteiger charge is 2.87. The van der Waals surface area contributed by atoms with E-state index < -0.39 is 82.5 Å². The van der Waals surface area contributed by atoms with Gasteiger partial charge in [-0.15, -0.1) is 0 Å². The predicted octanol–water partition coefficient (Wildman–Crippen LogP) is 0.889. The highest BCUT2D eigenvalue weighted by atomic mass is 16.7. The van der Waals surface area contributed by atoms with Gasteiger partial charge in [-0.2, -0.15) is 0 Å². The average molecular weight is 523 g/mol. The molecule has 2 heterocycles. The fraction of sp³-hybridized carbons (Fsp3) is 0.692. The van der Waals surface area contributed by atoms with E-state index in [-0.39, 0.29) is 6.42 Å². The van der Waals surface area contributed by atoms with Crippen LogP contribution in [0.3, 0.4) is 0 Å². The number of carbonyl (C=O) groups excluding carboxylic acids is 4. The summed E-state index contributed by atoms with van der Waals surface area (Å²) in [6, 6.07) is 0. The van der Waals surface area contributed by atoms with Crippen molar-refractivity contribution in [3.8, 4) is 0 Å². The van der Waals surface area contributed by atoms with Gasteiger partial charge in [-0.1, -0.05) is 19.1 Å². The zero-order chi connectivity index (χ0) is 27.7. The van der Waals surface area contributed by atoms with Gasteiger partial charge >= 0.3 is 23.9 Å². The second-order valence-electron chi connectivity index (χ2n) is 11.0. The zero-order valence-corrected chi connectivity index (χ0v) is 22.0. The Kier molecular flexibility index (Phi) is 6.37. The maximum atomic E-state index is 13.0. The topological polar surface area (TPSA) is 158 Å². The summed E-state index contributed by atoms with van der Waals surface area (Å²) in [5.41, 5.74) is -5.85. The summed E-state index contributed by atoms with van der Waals surface area (Å²) in [6.45, 7) is 9.91. The van der Waals surface area contributed by atoms with Crippen molar-refractivity contribution in [1.82, 2.24) is 0 Å². The number of hydrogen-bond donors (Lipinski definition) is 2. The molecule has 0 radical (unpaired) electrons. The van der Waals surface area contributed by atoms with Crippen molar-refractivity contribution in [2.75, 3.05) is 0 Å². The van der Waals surface area contributed by atoms with Crippen molar-refractivity contribution in [1.29, 1.82) is 0 Å². The maximum Gasteiger partial charge on any atom is 0.342 e. The third-order valence-electron chi connectivity index (χ3n) is 8.34. The lowest BCUT2D eigenvalue weighted by molar-refractivity contribution is -0.215. The van der Waals surface area contributed by atoms with Gasteiger partial charge in [-0.05, 0) is 32.4 Å². The number of carbonyl (C=O) groups is 4. The van der Waals surface area contributed by atoms with E-state index in [1.807, 2.05) is 0 Å². The summed E-state index contributed by atoms with van der Waals surface area (Å²) in [6.07, 6.45) is -1.18. The van der Waals surface area contributed by atoms with Crippen LogP contribution in [0.1, 0.15) is 54.9 Å². The molecular formula is C26H34O11. The van der Waals surface area contributed by atoms with Crippen molar-refractivity contribution in [3.05, 3.63) is 23.8 Å². The molecule has 1 spiro atoms. The van der Waals surface area contributed by atoms with E-state index in [2.05, 4.69) is 0 Å². The van der Waals surface area contributed by atoms with Crippen LogP contribution < -0.4 is 0 Å². The first kappa shape index (κ1) is 27.3. The molecule has 204 valence electrons. The summed E-state index contributed by atoms with van der Waals surface area (Å²) in [5, 5.41) is 22.6. The molecule has 0 aromatic carbocycles. The van der Waals surface area contributed by atoms with Crippen molar-refractivity contribution < 1.29 is 53.1 Å². The maximum absolute atomic E-state index is 13.0. The van der Waals surface area contributed by atoms with E-state index in [9.17, 15) is 29.4 Å². The lowest BCUT2D eigenvalue weighted by atomic mass is 9.55. The molecule has 0 aromatic rings. The van der Waals surface area contributed by atoms with Crippen LogP contribution in [0.25, 0.3) is 0 Å². The normalized spacial score (nSPS) is 47.7. The Morgan fingerprint density at radius 2 is 1.62 bits per heavy atom. The Bertz CT molecular complexity index is 1090. The third kappa shape index (κ3) is 3.98. The lowest BCUT2D eigenvalue weighted by Crippen LogP contribution is -2.67. The molecule has 11 nitrogen and oxygen atoms in total.